The molecule has 0 saturated carbocycles. The highest BCUT2D eigenvalue weighted by Gasteiger charge is 2.19. The Hall–Kier alpha value is -2.94. The third kappa shape index (κ3) is 7.27. The van der Waals surface area contributed by atoms with Crippen LogP contribution in [0.2, 0.25) is 0 Å². The highest BCUT2D eigenvalue weighted by molar-refractivity contribution is 5.93. The number of aromatic amines is 1. The molecular weight excluding hydrogens is 448 g/mol. The summed E-state index contributed by atoms with van der Waals surface area (Å²) < 4.78 is 5.85. The minimum atomic E-state index is -0.534. The van der Waals surface area contributed by atoms with Crippen LogP contribution in [0.5, 0.6) is 0 Å². The molecule has 1 saturated heterocycles. The maximum absolute atomic E-state index is 12.7. The van der Waals surface area contributed by atoms with Gasteiger partial charge < -0.3 is 19.9 Å². The molecule has 3 rings (SSSR count). The Kier molecular flexibility index (Phi) is 10.1. The molecular formula is C26H38N4O5. The SMILES string of the molecule is CC[C@H]1CCCCN1CCCNC(=O)CCCCCn1c(=O)[nH]c2cc(C(=O)OC)ccc2c1=O. The van der Waals surface area contributed by atoms with Gasteiger partial charge in [-0.3, -0.25) is 14.2 Å². The van der Waals surface area contributed by atoms with Crippen molar-refractivity contribution in [2.45, 2.75) is 77.3 Å². The average molecular weight is 487 g/mol. The van der Waals surface area contributed by atoms with E-state index in [-0.39, 0.29) is 18.0 Å². The molecule has 9 heteroatoms. The van der Waals surface area contributed by atoms with E-state index in [1.165, 1.54) is 62.1 Å². The molecule has 9 nitrogen and oxygen atoms in total. The number of aromatic nitrogens is 2. The van der Waals surface area contributed by atoms with Crippen LogP contribution in [0.15, 0.2) is 27.8 Å². The van der Waals surface area contributed by atoms with Crippen molar-refractivity contribution in [3.8, 4) is 0 Å². The highest BCUT2D eigenvalue weighted by Crippen LogP contribution is 2.19. The molecule has 0 unspecified atom stereocenters. The molecule has 1 amide bonds. The van der Waals surface area contributed by atoms with E-state index >= 15 is 0 Å². The largest absolute Gasteiger partial charge is 0.465 e. The first-order valence-electron chi connectivity index (χ1n) is 12.8. The zero-order valence-corrected chi connectivity index (χ0v) is 20.9. The summed E-state index contributed by atoms with van der Waals surface area (Å²) in [7, 11) is 1.27. The van der Waals surface area contributed by atoms with E-state index in [2.05, 4.69) is 26.9 Å². The minimum Gasteiger partial charge on any atom is -0.465 e. The first-order chi connectivity index (χ1) is 16.9. The Labute approximate surface area is 205 Å². The lowest BCUT2D eigenvalue weighted by Crippen LogP contribution is -2.40. The Morgan fingerprint density at radius 1 is 1.11 bits per heavy atom. The summed E-state index contributed by atoms with van der Waals surface area (Å²) in [6.45, 7) is 5.44. The first-order valence-corrected chi connectivity index (χ1v) is 12.8. The zero-order chi connectivity index (χ0) is 25.2. The van der Waals surface area contributed by atoms with E-state index in [0.717, 1.165) is 19.4 Å². The van der Waals surface area contributed by atoms with Gasteiger partial charge in [-0.15, -0.1) is 0 Å². The second kappa shape index (κ2) is 13.2. The number of nitrogens with one attached hydrogen (secondary N) is 2. The van der Waals surface area contributed by atoms with Crippen LogP contribution in [-0.2, 0) is 16.1 Å². The Bertz CT molecular complexity index is 1120. The normalized spacial score (nSPS) is 16.3. The number of unbranched alkanes of at least 4 members (excludes halogenated alkanes) is 2. The van der Waals surface area contributed by atoms with Gasteiger partial charge in [-0.25, -0.2) is 9.59 Å². The smallest absolute Gasteiger partial charge is 0.337 e. The van der Waals surface area contributed by atoms with Gasteiger partial charge in [0.15, 0.2) is 0 Å². The maximum atomic E-state index is 12.7. The number of carbonyl (C=O) groups is 2. The van der Waals surface area contributed by atoms with Gasteiger partial charge in [0.2, 0.25) is 5.91 Å². The minimum absolute atomic E-state index is 0.0535. The number of hydrogen-bond donors (Lipinski definition) is 2. The lowest BCUT2D eigenvalue weighted by atomic mass is 10.00. The third-order valence-electron chi connectivity index (χ3n) is 6.85. The molecule has 1 aromatic heterocycles. The van der Waals surface area contributed by atoms with Gasteiger partial charge in [-0.05, 0) is 63.3 Å². The topological polar surface area (TPSA) is 114 Å². The number of piperidine rings is 1. The van der Waals surface area contributed by atoms with E-state index in [9.17, 15) is 19.2 Å². The van der Waals surface area contributed by atoms with Crippen molar-refractivity contribution in [3.05, 3.63) is 44.6 Å². The molecule has 35 heavy (non-hydrogen) atoms. The average Bonchev–Trinajstić information content (AvgIpc) is 2.87. The molecule has 2 N–H and O–H groups in total. The molecule has 1 aliphatic rings. The van der Waals surface area contributed by atoms with Crippen LogP contribution in [0.3, 0.4) is 0 Å². The van der Waals surface area contributed by atoms with Crippen LogP contribution in [-0.4, -0.2) is 59.1 Å². The van der Waals surface area contributed by atoms with Gasteiger partial charge in [-0.2, -0.15) is 0 Å². The van der Waals surface area contributed by atoms with Crippen molar-refractivity contribution in [2.24, 2.45) is 0 Å². The van der Waals surface area contributed by atoms with Gasteiger partial charge in [0, 0.05) is 32.1 Å². The van der Waals surface area contributed by atoms with Gasteiger partial charge >= 0.3 is 11.7 Å². The lowest BCUT2D eigenvalue weighted by Gasteiger charge is -2.35. The second-order valence-electron chi connectivity index (χ2n) is 9.25. The summed E-state index contributed by atoms with van der Waals surface area (Å²) in [4.78, 5) is 54.2. The van der Waals surface area contributed by atoms with Crippen molar-refractivity contribution >= 4 is 22.8 Å². The number of likely N-dealkylation sites (tertiary alicyclic amines) is 1. The molecule has 2 heterocycles. The van der Waals surface area contributed by atoms with E-state index in [1.54, 1.807) is 0 Å². The number of esters is 1. The predicted molar refractivity (Wildman–Crippen MR) is 136 cm³/mol. The van der Waals surface area contributed by atoms with Crippen LogP contribution in [0.1, 0.15) is 75.1 Å². The Morgan fingerprint density at radius 3 is 2.71 bits per heavy atom. The van der Waals surface area contributed by atoms with Crippen molar-refractivity contribution in [1.29, 1.82) is 0 Å². The molecule has 0 aliphatic carbocycles. The highest BCUT2D eigenvalue weighted by atomic mass is 16.5. The molecule has 0 bridgehead atoms. The molecule has 1 atom stereocenters. The van der Waals surface area contributed by atoms with Gasteiger partial charge in [0.25, 0.3) is 5.56 Å². The third-order valence-corrected chi connectivity index (χ3v) is 6.85. The fourth-order valence-electron chi connectivity index (χ4n) is 4.85. The Balaban J connectivity index is 1.38. The van der Waals surface area contributed by atoms with Crippen LogP contribution in [0.4, 0.5) is 0 Å². The van der Waals surface area contributed by atoms with Crippen LogP contribution in [0.25, 0.3) is 10.9 Å². The summed E-state index contributed by atoms with van der Waals surface area (Å²) in [5, 5.41) is 3.35. The summed E-state index contributed by atoms with van der Waals surface area (Å²) in [5.74, 6) is -0.481. The fraction of sp³-hybridized carbons (Fsp3) is 0.615. The number of hydrogen-bond acceptors (Lipinski definition) is 6. The van der Waals surface area contributed by atoms with Crippen molar-refractivity contribution in [2.75, 3.05) is 26.7 Å². The predicted octanol–water partition coefficient (Wildman–Crippen LogP) is 2.81. The maximum Gasteiger partial charge on any atom is 0.337 e. The number of ether oxygens (including phenoxy) is 1. The summed E-state index contributed by atoms with van der Waals surface area (Å²) in [6.07, 6.45) is 8.57. The molecule has 1 aromatic carbocycles. The number of carbonyl (C=O) groups excluding carboxylic acids is 2. The van der Waals surface area contributed by atoms with E-state index in [4.69, 9.17) is 0 Å². The van der Waals surface area contributed by atoms with Crippen molar-refractivity contribution in [1.82, 2.24) is 19.8 Å². The number of benzene rings is 1. The number of methoxy groups -OCH3 is 1. The quantitative estimate of drug-likeness (QED) is 0.352. The number of nitrogens with zero attached hydrogens (tertiary/aromatic N) is 2. The van der Waals surface area contributed by atoms with Gasteiger partial charge in [-0.1, -0.05) is 19.8 Å². The number of fused-ring (bicyclic) bond motifs is 1. The lowest BCUT2D eigenvalue weighted by molar-refractivity contribution is -0.121. The van der Waals surface area contributed by atoms with Crippen molar-refractivity contribution < 1.29 is 14.3 Å². The van der Waals surface area contributed by atoms with Gasteiger partial charge in [0.05, 0.1) is 23.6 Å². The summed E-state index contributed by atoms with van der Waals surface area (Å²) in [6, 6.07) is 5.17. The molecule has 1 aliphatic heterocycles. The molecule has 0 radical (unpaired) electrons. The van der Waals surface area contributed by atoms with Crippen molar-refractivity contribution in [3.63, 3.8) is 0 Å². The monoisotopic (exact) mass is 486 g/mol. The van der Waals surface area contributed by atoms with E-state index in [1.807, 2.05) is 0 Å². The molecule has 0 spiro atoms. The number of amides is 1. The van der Waals surface area contributed by atoms with E-state index < -0.39 is 17.2 Å². The molecule has 1 fully saturated rings. The Morgan fingerprint density at radius 2 is 1.94 bits per heavy atom. The first kappa shape index (κ1) is 26.7. The standard InChI is InChI=1S/C26H38N4O5/c1-3-20-10-6-8-15-29(20)16-9-14-27-23(31)11-5-4-7-17-30-24(32)21-13-12-19(25(33)35-2)18-22(21)28-26(30)34/h12-13,18,20H,3-11,14-17H2,1-2H3,(H,27,31)(H,28,34)/t20-/m0/s1. The summed E-state index contributed by atoms with van der Waals surface area (Å²) in [5.41, 5.74) is -0.331. The number of rotatable bonds is 12. The molecule has 192 valence electrons. The molecule has 2 aromatic rings. The van der Waals surface area contributed by atoms with Gasteiger partial charge in [0.1, 0.15) is 0 Å². The van der Waals surface area contributed by atoms with Crippen LogP contribution >= 0.6 is 0 Å². The van der Waals surface area contributed by atoms with E-state index in [0.29, 0.717) is 42.8 Å². The summed E-state index contributed by atoms with van der Waals surface area (Å²) >= 11 is 0. The fourth-order valence-corrected chi connectivity index (χ4v) is 4.85. The second-order valence-corrected chi connectivity index (χ2v) is 9.25. The van der Waals surface area contributed by atoms with Crippen LogP contribution in [0, 0.1) is 0 Å². The zero-order valence-electron chi connectivity index (χ0n) is 20.9. The van der Waals surface area contributed by atoms with Crippen LogP contribution < -0.4 is 16.6 Å². The number of H-pyrrole nitrogens is 1.